The minimum atomic E-state index is -6.00. The molecule has 0 heterocycles. The van der Waals surface area contributed by atoms with Gasteiger partial charge >= 0.3 is 7.25 Å². The quantitative estimate of drug-likeness (QED) is 0.402. The van der Waals surface area contributed by atoms with Crippen LogP contribution in [0.3, 0.4) is 0 Å². The van der Waals surface area contributed by atoms with Crippen molar-refractivity contribution in [1.82, 2.24) is 4.31 Å². The zero-order valence-corrected chi connectivity index (χ0v) is 15.7. The van der Waals surface area contributed by atoms with E-state index in [0.717, 1.165) is 11.3 Å². The van der Waals surface area contributed by atoms with E-state index < -0.39 is 17.4 Å². The van der Waals surface area contributed by atoms with Crippen molar-refractivity contribution in [3.63, 3.8) is 0 Å². The van der Waals surface area contributed by atoms with Crippen molar-refractivity contribution in [2.45, 2.75) is 29.4 Å². The molecule has 1 unspecified atom stereocenters. The highest BCUT2D eigenvalue weighted by Crippen LogP contribution is 2.52. The van der Waals surface area contributed by atoms with E-state index in [0.29, 0.717) is 5.92 Å². The minimum Gasteiger partial charge on any atom is -0.418 e. The van der Waals surface area contributed by atoms with E-state index in [1.165, 1.54) is 11.1 Å². The first-order chi connectivity index (χ1) is 12.0. The number of halogens is 4. The number of hydrogen-bond donors (Lipinski definition) is 0. The Labute approximate surface area is 152 Å². The van der Waals surface area contributed by atoms with Crippen molar-refractivity contribution in [3.8, 4) is 0 Å². The van der Waals surface area contributed by atoms with Crippen LogP contribution in [0.4, 0.5) is 17.3 Å². The number of rotatable bonds is 4. The predicted molar refractivity (Wildman–Crippen MR) is 99.0 cm³/mol. The smallest absolute Gasteiger partial charge is 0.418 e. The zero-order valence-electron chi connectivity index (χ0n) is 14.9. The molecule has 0 radical (unpaired) electrons. The molecule has 0 saturated heterocycles. The van der Waals surface area contributed by atoms with Gasteiger partial charge in [0.25, 0.3) is 0 Å². The molecule has 0 aromatic heterocycles. The summed E-state index contributed by atoms with van der Waals surface area (Å²) in [6, 6.07) is 18.6. The molecule has 2 nitrogen and oxygen atoms in total. The Balaban J connectivity index is 0.000000431. The minimum absolute atomic E-state index is 0.220. The molecule has 2 aromatic rings. The Morgan fingerprint density at radius 2 is 1.46 bits per heavy atom. The number of nitrogens with zero attached hydrogens (tertiary/aromatic N) is 1. The van der Waals surface area contributed by atoms with Gasteiger partial charge in [0.1, 0.15) is 0 Å². The Kier molecular flexibility index (Phi) is 6.29. The average molecular weight is 387 g/mol. The molecule has 1 saturated carbocycles. The molecule has 26 heavy (non-hydrogen) atoms. The van der Waals surface area contributed by atoms with Crippen LogP contribution in [0.1, 0.15) is 23.5 Å². The fraction of sp³-hybridized carbons (Fsp3) is 0.333. The lowest BCUT2D eigenvalue weighted by atomic mass is 10.1. The first kappa shape index (κ1) is 20.6. The monoisotopic (exact) mass is 387 g/mol. The third-order valence-corrected chi connectivity index (χ3v) is 7.65. The van der Waals surface area contributed by atoms with E-state index in [9.17, 15) is 21.5 Å². The summed E-state index contributed by atoms with van der Waals surface area (Å²) in [6.07, 6.45) is 1.01. The van der Waals surface area contributed by atoms with Crippen LogP contribution in [-0.4, -0.2) is 30.9 Å². The van der Waals surface area contributed by atoms with Gasteiger partial charge in [0, 0.05) is 26.4 Å². The van der Waals surface area contributed by atoms with Gasteiger partial charge in [-0.1, -0.05) is 52.2 Å². The van der Waals surface area contributed by atoms with Gasteiger partial charge in [-0.15, -0.1) is 4.31 Å². The highest BCUT2D eigenvalue weighted by Gasteiger charge is 2.59. The van der Waals surface area contributed by atoms with Crippen molar-refractivity contribution < 1.29 is 21.5 Å². The molecule has 0 spiro atoms. The third kappa shape index (κ3) is 5.17. The van der Waals surface area contributed by atoms with Crippen LogP contribution in [0.2, 0.25) is 0 Å². The molecule has 142 valence electrons. The highest BCUT2D eigenvalue weighted by atomic mass is 32.3. The molecule has 3 atom stereocenters. The van der Waals surface area contributed by atoms with Crippen LogP contribution in [0.15, 0.2) is 59.5 Å². The number of hydrogen-bond acceptors (Lipinski definition) is 1. The summed E-state index contributed by atoms with van der Waals surface area (Å²) in [4.78, 5) is 0.953. The normalized spacial score (nSPS) is 21.5. The standard InChI is InChI=1S/C18H22NOS.BF4/c1-14-9-11-15(12-10-14)17-13-18(17)21(20,19(2)3)16-7-5-4-6-8-16;2-1(3,4)5/h4-12,17-18H,13H2,1-3H3;/q+1;-1/t17-,18+,21?;/m1./s1. The van der Waals surface area contributed by atoms with Crippen LogP contribution in [0.25, 0.3) is 0 Å². The summed E-state index contributed by atoms with van der Waals surface area (Å²) in [5.41, 5.74) is 2.59. The summed E-state index contributed by atoms with van der Waals surface area (Å²) >= 11 is 0. The maximum atomic E-state index is 13.6. The third-order valence-electron chi connectivity index (χ3n) is 4.27. The molecule has 0 amide bonds. The maximum absolute atomic E-state index is 13.6. The molecule has 0 aliphatic heterocycles. The van der Waals surface area contributed by atoms with Gasteiger partial charge in [0.05, 0.1) is 0 Å². The van der Waals surface area contributed by atoms with Gasteiger partial charge in [-0.25, -0.2) is 0 Å². The molecule has 2 aromatic carbocycles. The number of benzene rings is 2. The largest absolute Gasteiger partial charge is 0.673 e. The van der Waals surface area contributed by atoms with Crippen molar-refractivity contribution in [2.75, 3.05) is 14.1 Å². The first-order valence-corrected chi connectivity index (χ1v) is 9.81. The van der Waals surface area contributed by atoms with E-state index in [1.807, 2.05) is 48.7 Å². The molecule has 8 heteroatoms. The fourth-order valence-corrected chi connectivity index (χ4v) is 5.89. The summed E-state index contributed by atoms with van der Waals surface area (Å²) in [6.45, 7) is 2.10. The molecule has 1 aliphatic rings. The molecular formula is C18H22BF4NOS. The Hall–Kier alpha value is -1.67. The maximum Gasteiger partial charge on any atom is 0.673 e. The second-order valence-corrected chi connectivity index (χ2v) is 9.42. The zero-order chi connectivity index (χ0) is 19.5. The average Bonchev–Trinajstić information content (AvgIpc) is 3.35. The van der Waals surface area contributed by atoms with E-state index in [-0.39, 0.29) is 5.25 Å². The lowest BCUT2D eigenvalue weighted by Gasteiger charge is -2.18. The van der Waals surface area contributed by atoms with E-state index >= 15 is 0 Å². The molecule has 0 N–H and O–H groups in total. The van der Waals surface area contributed by atoms with Crippen LogP contribution < -0.4 is 0 Å². The second kappa shape index (κ2) is 7.92. The Morgan fingerprint density at radius 3 is 1.92 bits per heavy atom. The fourth-order valence-electron chi connectivity index (χ4n) is 2.96. The van der Waals surface area contributed by atoms with Crippen molar-refractivity contribution in [2.24, 2.45) is 0 Å². The van der Waals surface area contributed by atoms with Gasteiger partial charge in [-0.05, 0) is 24.6 Å². The molecule has 3 rings (SSSR count). The topological polar surface area (TPSA) is 20.3 Å². The SMILES string of the molecule is Cc1ccc([C@H]2C[C@@H]2[S+](=O)(c2ccccc2)N(C)C)cc1.F[B-](F)(F)F. The van der Waals surface area contributed by atoms with E-state index in [2.05, 4.69) is 31.2 Å². The van der Waals surface area contributed by atoms with Crippen molar-refractivity contribution in [1.29, 1.82) is 0 Å². The molecule has 1 aliphatic carbocycles. The van der Waals surface area contributed by atoms with E-state index in [1.54, 1.807) is 0 Å². The van der Waals surface area contributed by atoms with Gasteiger partial charge in [-0.2, -0.15) is 0 Å². The predicted octanol–water partition coefficient (Wildman–Crippen LogP) is 5.19. The Morgan fingerprint density at radius 1 is 0.962 bits per heavy atom. The molecule has 0 bridgehead atoms. The second-order valence-electron chi connectivity index (χ2n) is 6.48. The first-order valence-electron chi connectivity index (χ1n) is 8.23. The van der Waals surface area contributed by atoms with Crippen LogP contribution >= 0.6 is 0 Å². The van der Waals surface area contributed by atoms with Gasteiger partial charge in [0.2, 0.25) is 0 Å². The lowest BCUT2D eigenvalue weighted by molar-refractivity contribution is 0.368. The summed E-state index contributed by atoms with van der Waals surface area (Å²) < 4.78 is 54.5. The summed E-state index contributed by atoms with van der Waals surface area (Å²) in [5.74, 6) is 0.417. The number of aryl methyl sites for hydroxylation is 1. The highest BCUT2D eigenvalue weighted by molar-refractivity contribution is 8.01. The van der Waals surface area contributed by atoms with Crippen LogP contribution in [-0.2, 0) is 14.3 Å². The van der Waals surface area contributed by atoms with Gasteiger partial charge in [0.15, 0.2) is 20.3 Å². The van der Waals surface area contributed by atoms with Gasteiger partial charge < -0.3 is 17.3 Å². The molecule has 1 fully saturated rings. The Bertz CT molecular complexity index is 759. The van der Waals surface area contributed by atoms with Crippen molar-refractivity contribution in [3.05, 3.63) is 65.7 Å². The summed E-state index contributed by atoms with van der Waals surface area (Å²) in [5, 5.41) is 0.220. The van der Waals surface area contributed by atoms with Crippen molar-refractivity contribution >= 4 is 17.4 Å². The lowest BCUT2D eigenvalue weighted by Crippen LogP contribution is -2.34. The van der Waals surface area contributed by atoms with Gasteiger partial charge in [-0.3, -0.25) is 0 Å². The van der Waals surface area contributed by atoms with Crippen LogP contribution in [0, 0.1) is 6.92 Å². The van der Waals surface area contributed by atoms with E-state index in [4.69, 9.17) is 0 Å². The summed E-state index contributed by atoms with van der Waals surface area (Å²) in [7, 11) is -4.30. The van der Waals surface area contributed by atoms with Crippen LogP contribution in [0.5, 0.6) is 0 Å². The molecular weight excluding hydrogens is 365 g/mol.